The Hall–Kier alpha value is -6.90. The van der Waals surface area contributed by atoms with E-state index in [9.17, 15) is 0 Å². The molecule has 302 valence electrons. The summed E-state index contributed by atoms with van der Waals surface area (Å²) < 4.78 is 4.90. The van der Waals surface area contributed by atoms with E-state index >= 15 is 0 Å². The fraction of sp³-hybridized carbons (Fsp3) is 0.167. The van der Waals surface area contributed by atoms with Gasteiger partial charge in [0.15, 0.2) is 0 Å². The van der Waals surface area contributed by atoms with Gasteiger partial charge in [-0.15, -0.1) is 0 Å². The normalized spacial score (nSPS) is 15.1. The van der Waals surface area contributed by atoms with E-state index in [1.165, 1.54) is 111 Å². The highest BCUT2D eigenvalue weighted by atomic mass is 15.0. The maximum atomic E-state index is 4.28. The molecule has 2 nitrogen and oxygen atoms in total. The Balaban J connectivity index is 1.01. The van der Waals surface area contributed by atoms with Gasteiger partial charge in [-0.05, 0) is 116 Å². The molecule has 0 saturated heterocycles. The number of para-hydroxylation sites is 2. The molecule has 11 rings (SSSR count). The number of unbranched alkanes of at least 4 members (excludes halogenated alkanes) is 2. The molecule has 0 radical (unpaired) electrons. The van der Waals surface area contributed by atoms with E-state index in [1.54, 1.807) is 0 Å². The van der Waals surface area contributed by atoms with Crippen molar-refractivity contribution in [3.05, 3.63) is 216 Å². The summed E-state index contributed by atoms with van der Waals surface area (Å²) in [6, 6.07) is 54.6. The van der Waals surface area contributed by atoms with E-state index in [4.69, 9.17) is 0 Å². The number of benzene rings is 7. The molecule has 0 unspecified atom stereocenters. The summed E-state index contributed by atoms with van der Waals surface area (Å²) in [5.41, 5.74) is 21.3. The van der Waals surface area contributed by atoms with Crippen molar-refractivity contribution in [3.63, 3.8) is 0 Å². The number of rotatable bonds is 9. The summed E-state index contributed by atoms with van der Waals surface area (Å²) in [5.74, 6) is 0. The molecule has 0 bridgehead atoms. The van der Waals surface area contributed by atoms with Crippen LogP contribution in [0, 0.1) is 0 Å². The Kier molecular flexibility index (Phi) is 8.64. The first kappa shape index (κ1) is 38.1. The van der Waals surface area contributed by atoms with Crippen LogP contribution in [0.25, 0.3) is 77.3 Å². The molecule has 2 aliphatic carbocycles. The lowest BCUT2D eigenvalue weighted by molar-refractivity contribution is 0.655. The summed E-state index contributed by atoms with van der Waals surface area (Å²) in [5, 5.41) is 5.18. The van der Waals surface area contributed by atoms with Crippen LogP contribution in [0.4, 0.5) is 0 Å². The molecule has 62 heavy (non-hydrogen) atoms. The number of allylic oxidation sites excluding steroid dienone is 5. The molecular weight excluding hydrogens is 749 g/mol. The fourth-order valence-corrected chi connectivity index (χ4v) is 11.3. The lowest BCUT2D eigenvalue weighted by Crippen LogP contribution is -2.15. The van der Waals surface area contributed by atoms with Crippen LogP contribution in [0.2, 0.25) is 0 Å². The molecule has 0 fully saturated rings. The molecule has 2 aromatic heterocycles. The van der Waals surface area contributed by atoms with Crippen molar-refractivity contribution in [1.82, 2.24) is 9.13 Å². The Labute approximate surface area is 365 Å². The molecule has 0 aliphatic heterocycles. The van der Waals surface area contributed by atoms with Crippen molar-refractivity contribution in [1.29, 1.82) is 0 Å². The highest BCUT2D eigenvalue weighted by molar-refractivity contribution is 6.18. The second kappa shape index (κ2) is 14.1. The molecule has 0 saturated carbocycles. The summed E-state index contributed by atoms with van der Waals surface area (Å²) in [7, 11) is 0. The molecule has 2 heterocycles. The Morgan fingerprint density at radius 2 is 1.03 bits per heavy atom. The molecule has 0 N–H and O–H groups in total. The van der Waals surface area contributed by atoms with Crippen molar-refractivity contribution in [2.75, 3.05) is 0 Å². The van der Waals surface area contributed by atoms with Crippen molar-refractivity contribution in [2.24, 2.45) is 0 Å². The van der Waals surface area contributed by atoms with Gasteiger partial charge in [0.25, 0.3) is 0 Å². The Morgan fingerprint density at radius 1 is 0.516 bits per heavy atom. The molecule has 9 aromatic rings. The summed E-state index contributed by atoms with van der Waals surface area (Å²) >= 11 is 0. The SMILES string of the molecule is C=CC1=C(C=C)C(C)(C)c2ccc3c(c21)c1ccccc1n3-c1ccc(/C(=C\CCCC)c2ccc(-n3c4ccccc4c4c5c(ccc43)C(C)(C)c3ccccc3-5)cc2)cc1. The van der Waals surface area contributed by atoms with E-state index in [0.29, 0.717) is 0 Å². The van der Waals surface area contributed by atoms with Crippen LogP contribution in [0.5, 0.6) is 0 Å². The van der Waals surface area contributed by atoms with E-state index in [-0.39, 0.29) is 10.8 Å². The second-order valence-corrected chi connectivity index (χ2v) is 18.4. The highest BCUT2D eigenvalue weighted by Gasteiger charge is 2.38. The zero-order valence-corrected chi connectivity index (χ0v) is 36.5. The van der Waals surface area contributed by atoms with Gasteiger partial charge in [-0.1, -0.05) is 176 Å². The van der Waals surface area contributed by atoms with Crippen molar-refractivity contribution in [2.45, 2.75) is 64.7 Å². The van der Waals surface area contributed by atoms with Crippen LogP contribution in [-0.2, 0) is 10.8 Å². The van der Waals surface area contributed by atoms with Crippen molar-refractivity contribution in [3.8, 4) is 22.5 Å². The standard InChI is InChI=1S/C60H52N2/c1-8-11-12-19-43(38-26-30-40(31-27-38)61-51-24-17-14-21-45(51)57-53(61)36-34-49-55(57)42(9-2)47(10-3)59(49,4)5)39-28-32-41(33-29-39)62-52-25-18-15-22-46(52)58-54(62)37-35-50-56(58)44-20-13-16-23-48(44)60(50,6)7/h9-10,13-37H,2-3,8,11-12H2,1,4-7H3/b43-19+. The third-order valence-corrected chi connectivity index (χ3v) is 14.3. The minimum absolute atomic E-state index is 0.0481. The number of nitrogens with zero attached hydrogens (tertiary/aromatic N) is 2. The van der Waals surface area contributed by atoms with Gasteiger partial charge in [0.05, 0.1) is 22.1 Å². The average molecular weight is 801 g/mol. The molecule has 2 heteroatoms. The van der Waals surface area contributed by atoms with Crippen LogP contribution in [0.1, 0.15) is 87.3 Å². The molecule has 0 amide bonds. The maximum absolute atomic E-state index is 4.28. The zero-order valence-electron chi connectivity index (χ0n) is 36.5. The van der Waals surface area contributed by atoms with Gasteiger partial charge >= 0.3 is 0 Å². The number of hydrogen-bond acceptors (Lipinski definition) is 0. The van der Waals surface area contributed by atoms with E-state index in [2.05, 4.69) is 209 Å². The van der Waals surface area contributed by atoms with Crippen molar-refractivity contribution < 1.29 is 0 Å². The van der Waals surface area contributed by atoms with Gasteiger partial charge < -0.3 is 9.13 Å². The number of hydrogen-bond donors (Lipinski definition) is 0. The monoisotopic (exact) mass is 800 g/mol. The molecule has 7 aromatic carbocycles. The van der Waals surface area contributed by atoms with Gasteiger partial charge in [-0.3, -0.25) is 0 Å². The number of aromatic nitrogens is 2. The van der Waals surface area contributed by atoms with Crippen LogP contribution in [0.15, 0.2) is 183 Å². The Morgan fingerprint density at radius 3 is 1.58 bits per heavy atom. The van der Waals surface area contributed by atoms with Crippen LogP contribution >= 0.6 is 0 Å². The first-order chi connectivity index (χ1) is 30.2. The predicted octanol–water partition coefficient (Wildman–Crippen LogP) is 16.2. The molecule has 2 aliphatic rings. The van der Waals surface area contributed by atoms with E-state index in [1.807, 2.05) is 12.2 Å². The maximum Gasteiger partial charge on any atom is 0.0547 e. The number of fused-ring (bicyclic) bond motifs is 12. The topological polar surface area (TPSA) is 9.86 Å². The van der Waals surface area contributed by atoms with Gasteiger partial charge in [0, 0.05) is 43.7 Å². The lowest BCUT2D eigenvalue weighted by Gasteiger charge is -2.22. The molecular formula is C60H52N2. The third kappa shape index (κ3) is 5.29. The summed E-state index contributed by atoms with van der Waals surface area (Å²) in [6.07, 6.45) is 9.84. The lowest BCUT2D eigenvalue weighted by atomic mass is 9.81. The zero-order chi connectivity index (χ0) is 42.5. The van der Waals surface area contributed by atoms with Gasteiger partial charge in [-0.25, -0.2) is 0 Å². The van der Waals surface area contributed by atoms with Crippen LogP contribution in [0.3, 0.4) is 0 Å². The predicted molar refractivity (Wildman–Crippen MR) is 266 cm³/mol. The Bertz CT molecular complexity index is 3390. The van der Waals surface area contributed by atoms with Gasteiger partial charge in [0.1, 0.15) is 0 Å². The quantitative estimate of drug-likeness (QED) is 0.129. The minimum atomic E-state index is -0.147. The van der Waals surface area contributed by atoms with Crippen LogP contribution < -0.4 is 0 Å². The van der Waals surface area contributed by atoms with Crippen molar-refractivity contribution >= 4 is 54.8 Å². The van der Waals surface area contributed by atoms with Gasteiger partial charge in [-0.2, -0.15) is 0 Å². The average Bonchev–Trinajstić information content (AvgIpc) is 3.96. The van der Waals surface area contributed by atoms with Crippen LogP contribution in [-0.4, -0.2) is 9.13 Å². The highest BCUT2D eigenvalue weighted by Crippen LogP contribution is 2.54. The largest absolute Gasteiger partial charge is 0.309 e. The molecule has 0 atom stereocenters. The first-order valence-electron chi connectivity index (χ1n) is 22.3. The van der Waals surface area contributed by atoms with Gasteiger partial charge in [0.2, 0.25) is 0 Å². The fourth-order valence-electron chi connectivity index (χ4n) is 11.3. The smallest absolute Gasteiger partial charge is 0.0547 e. The third-order valence-electron chi connectivity index (χ3n) is 14.3. The molecule has 0 spiro atoms. The van der Waals surface area contributed by atoms with E-state index in [0.717, 1.165) is 24.9 Å². The van der Waals surface area contributed by atoms with E-state index < -0.39 is 0 Å². The first-order valence-corrected chi connectivity index (χ1v) is 22.3. The summed E-state index contributed by atoms with van der Waals surface area (Å²) in [6.45, 7) is 20.1. The minimum Gasteiger partial charge on any atom is -0.309 e. The second-order valence-electron chi connectivity index (χ2n) is 18.4. The summed E-state index contributed by atoms with van der Waals surface area (Å²) in [4.78, 5) is 0.